The lowest BCUT2D eigenvalue weighted by Crippen LogP contribution is -2.44. The van der Waals surface area contributed by atoms with Crippen LogP contribution in [0, 0.1) is 0 Å². The van der Waals surface area contributed by atoms with Gasteiger partial charge in [0, 0.05) is 37.2 Å². The molecule has 0 N–H and O–H groups in total. The van der Waals surface area contributed by atoms with Gasteiger partial charge in [-0.05, 0) is 60.2 Å². The molecule has 0 aliphatic heterocycles. The van der Waals surface area contributed by atoms with E-state index in [9.17, 15) is 22.8 Å². The van der Waals surface area contributed by atoms with Crippen molar-refractivity contribution in [3.63, 3.8) is 0 Å². The van der Waals surface area contributed by atoms with Gasteiger partial charge in [0.1, 0.15) is 6.54 Å². The number of hydrogen-bond acceptors (Lipinski definition) is 6. The average molecular weight is 579 g/mol. The van der Waals surface area contributed by atoms with Crippen molar-refractivity contribution in [1.82, 2.24) is 9.80 Å². The van der Waals surface area contributed by atoms with Crippen molar-refractivity contribution in [2.45, 2.75) is 25.6 Å². The van der Waals surface area contributed by atoms with Crippen LogP contribution in [0.25, 0.3) is 0 Å². The van der Waals surface area contributed by atoms with Crippen LogP contribution >= 0.6 is 11.3 Å². The zero-order valence-corrected chi connectivity index (χ0v) is 23.5. The molecule has 0 aliphatic carbocycles. The van der Waals surface area contributed by atoms with Crippen LogP contribution in [-0.4, -0.2) is 69.2 Å². The molecule has 0 saturated heterocycles. The van der Waals surface area contributed by atoms with E-state index in [0.717, 1.165) is 22.6 Å². The molecule has 2 aromatic carbocycles. The summed E-state index contributed by atoms with van der Waals surface area (Å²) in [5.41, 5.74) is -0.121. The molecule has 0 fully saturated rings. The topological polar surface area (TPSA) is 68.3 Å². The summed E-state index contributed by atoms with van der Waals surface area (Å²) in [7, 11) is 4.62. The fourth-order valence-electron chi connectivity index (χ4n) is 4.11. The lowest BCUT2D eigenvalue weighted by molar-refractivity contribution is -0.137. The van der Waals surface area contributed by atoms with Crippen LogP contribution in [-0.2, 0) is 28.7 Å². The normalized spacial score (nSPS) is 11.2. The second kappa shape index (κ2) is 14.7. The predicted molar refractivity (Wildman–Crippen MR) is 147 cm³/mol. The van der Waals surface area contributed by atoms with Crippen LogP contribution in [0.3, 0.4) is 0 Å². The summed E-state index contributed by atoms with van der Waals surface area (Å²) >= 11 is 1.51. The Hall–Kier alpha value is -3.57. The Morgan fingerprint density at radius 3 is 2.33 bits per heavy atom. The van der Waals surface area contributed by atoms with Gasteiger partial charge in [-0.2, -0.15) is 13.2 Å². The van der Waals surface area contributed by atoms with Crippen LogP contribution < -0.4 is 9.47 Å². The summed E-state index contributed by atoms with van der Waals surface area (Å²) in [4.78, 5) is 30.8. The van der Waals surface area contributed by atoms with E-state index in [2.05, 4.69) is 0 Å². The van der Waals surface area contributed by atoms with E-state index < -0.39 is 17.6 Å². The van der Waals surface area contributed by atoms with Gasteiger partial charge in [0.25, 0.3) is 5.91 Å². The van der Waals surface area contributed by atoms with Gasteiger partial charge in [-0.15, -0.1) is 11.3 Å². The van der Waals surface area contributed by atoms with Crippen molar-refractivity contribution in [2.24, 2.45) is 0 Å². The first-order valence-corrected chi connectivity index (χ1v) is 13.5. The molecule has 0 atom stereocenters. The molecular formula is C29H33F3N2O5S. The molecule has 1 aromatic heterocycles. The summed E-state index contributed by atoms with van der Waals surface area (Å²) in [5, 5.41) is 1.92. The minimum absolute atomic E-state index is 0.129. The van der Waals surface area contributed by atoms with Crippen molar-refractivity contribution in [3.05, 3.63) is 81.5 Å². The second-order valence-electron chi connectivity index (χ2n) is 8.99. The van der Waals surface area contributed by atoms with Crippen LogP contribution in [0.2, 0.25) is 0 Å². The maximum Gasteiger partial charge on any atom is 0.416 e. The highest BCUT2D eigenvalue weighted by molar-refractivity contribution is 7.09. The number of carbonyl (C=O) groups excluding carboxylic acids is 2. The Morgan fingerprint density at radius 2 is 1.68 bits per heavy atom. The summed E-state index contributed by atoms with van der Waals surface area (Å²) in [5.74, 6) is 0.211. The van der Waals surface area contributed by atoms with E-state index in [1.165, 1.54) is 35.5 Å². The summed E-state index contributed by atoms with van der Waals surface area (Å²) in [6.45, 7) is 0.898. The maximum atomic E-state index is 13.6. The van der Waals surface area contributed by atoms with Gasteiger partial charge < -0.3 is 24.0 Å². The SMILES string of the molecule is COCCCN(CC(=O)N(CCc1ccc(OC)c(OC)c1)Cc1cccs1)C(=O)c1cccc(C(F)(F)F)c1. The third kappa shape index (κ3) is 8.72. The highest BCUT2D eigenvalue weighted by Crippen LogP contribution is 2.30. The summed E-state index contributed by atoms with van der Waals surface area (Å²) in [6.07, 6.45) is -3.65. The fraction of sp³-hybridized carbons (Fsp3) is 0.379. The number of amides is 2. The molecule has 0 saturated carbocycles. The van der Waals surface area contributed by atoms with Gasteiger partial charge in [-0.25, -0.2) is 0 Å². The lowest BCUT2D eigenvalue weighted by Gasteiger charge is -2.28. The number of ether oxygens (including phenoxy) is 3. The predicted octanol–water partition coefficient (Wildman–Crippen LogP) is 5.53. The number of halogens is 3. The molecule has 2 amide bonds. The Bertz CT molecular complexity index is 1250. The van der Waals surface area contributed by atoms with E-state index >= 15 is 0 Å². The maximum absolute atomic E-state index is 13.6. The van der Waals surface area contributed by atoms with Gasteiger partial charge in [-0.3, -0.25) is 9.59 Å². The molecule has 0 aliphatic rings. The Morgan fingerprint density at radius 1 is 0.900 bits per heavy atom. The zero-order chi connectivity index (χ0) is 29.1. The Balaban J connectivity index is 1.81. The molecule has 40 heavy (non-hydrogen) atoms. The number of alkyl halides is 3. The molecule has 0 spiro atoms. The molecular weight excluding hydrogens is 545 g/mol. The molecule has 1 heterocycles. The van der Waals surface area contributed by atoms with Gasteiger partial charge in [0.15, 0.2) is 11.5 Å². The zero-order valence-electron chi connectivity index (χ0n) is 22.7. The van der Waals surface area contributed by atoms with Crippen molar-refractivity contribution in [2.75, 3.05) is 47.6 Å². The Labute approximate surface area is 236 Å². The van der Waals surface area contributed by atoms with Crippen molar-refractivity contribution >= 4 is 23.2 Å². The number of carbonyl (C=O) groups is 2. The Kier molecular flexibility index (Phi) is 11.4. The number of rotatable bonds is 14. The number of benzene rings is 2. The highest BCUT2D eigenvalue weighted by Gasteiger charge is 2.31. The molecule has 11 heteroatoms. The van der Waals surface area contributed by atoms with Crippen LogP contribution in [0.4, 0.5) is 13.2 Å². The molecule has 216 valence electrons. The molecule has 7 nitrogen and oxygen atoms in total. The monoisotopic (exact) mass is 578 g/mol. The first-order chi connectivity index (χ1) is 19.2. The van der Waals surface area contributed by atoms with Gasteiger partial charge in [-0.1, -0.05) is 18.2 Å². The lowest BCUT2D eigenvalue weighted by atomic mass is 10.1. The van der Waals surface area contributed by atoms with Gasteiger partial charge >= 0.3 is 6.18 Å². The molecule has 3 rings (SSSR count). The van der Waals surface area contributed by atoms with Crippen molar-refractivity contribution in [1.29, 1.82) is 0 Å². The molecule has 0 unspecified atom stereocenters. The van der Waals surface area contributed by atoms with E-state index in [1.54, 1.807) is 25.2 Å². The van der Waals surface area contributed by atoms with Gasteiger partial charge in [0.2, 0.25) is 5.91 Å². The molecule has 0 bridgehead atoms. The van der Waals surface area contributed by atoms with Crippen LogP contribution in [0.15, 0.2) is 60.0 Å². The standard InChI is InChI=1S/C29H33F3N2O5S/c1-37-15-6-13-34(28(36)22-7-4-8-23(18-22)29(30,31)32)20-27(35)33(19-24-9-5-16-40-24)14-12-21-10-11-25(38-2)26(17-21)39-3/h4-5,7-11,16-18H,6,12-15,19-20H2,1-3H3. The molecule has 0 radical (unpaired) electrons. The number of hydrogen-bond donors (Lipinski definition) is 0. The summed E-state index contributed by atoms with van der Waals surface area (Å²) in [6, 6.07) is 13.6. The quantitative estimate of drug-likeness (QED) is 0.235. The first kappa shape index (κ1) is 31.0. The number of nitrogens with zero attached hydrogens (tertiary/aromatic N) is 2. The smallest absolute Gasteiger partial charge is 0.416 e. The van der Waals surface area contributed by atoms with Crippen LogP contribution in [0.5, 0.6) is 11.5 Å². The average Bonchev–Trinajstić information content (AvgIpc) is 3.47. The minimum Gasteiger partial charge on any atom is -0.493 e. The van der Waals surface area contributed by atoms with Gasteiger partial charge in [0.05, 0.1) is 26.3 Å². The van der Waals surface area contributed by atoms with E-state index in [0.29, 0.717) is 44.0 Å². The van der Waals surface area contributed by atoms with Crippen LogP contribution in [0.1, 0.15) is 32.8 Å². The van der Waals surface area contributed by atoms with Crippen molar-refractivity contribution < 1.29 is 37.0 Å². The van der Waals surface area contributed by atoms with E-state index in [-0.39, 0.29) is 24.6 Å². The second-order valence-corrected chi connectivity index (χ2v) is 10.0. The van der Waals surface area contributed by atoms with Crippen molar-refractivity contribution in [3.8, 4) is 11.5 Å². The third-order valence-corrected chi connectivity index (χ3v) is 7.09. The number of methoxy groups -OCH3 is 3. The summed E-state index contributed by atoms with van der Waals surface area (Å²) < 4.78 is 55.6. The fourth-order valence-corrected chi connectivity index (χ4v) is 4.83. The number of thiophene rings is 1. The largest absolute Gasteiger partial charge is 0.493 e. The molecule has 3 aromatic rings. The van der Waals surface area contributed by atoms with E-state index in [1.807, 2.05) is 29.6 Å². The first-order valence-electron chi connectivity index (χ1n) is 12.6. The van der Waals surface area contributed by atoms with E-state index in [4.69, 9.17) is 14.2 Å². The minimum atomic E-state index is -4.59. The third-order valence-electron chi connectivity index (χ3n) is 6.22. The highest BCUT2D eigenvalue weighted by atomic mass is 32.1.